The first-order valence-corrected chi connectivity index (χ1v) is 6.55. The molecule has 1 heterocycles. The molecule has 0 aliphatic rings. The summed E-state index contributed by atoms with van der Waals surface area (Å²) in [5.41, 5.74) is 1.76. The van der Waals surface area contributed by atoms with Gasteiger partial charge in [0.15, 0.2) is 0 Å². The number of aryl methyl sites for hydroxylation is 1. The third-order valence-electron chi connectivity index (χ3n) is 2.80. The minimum atomic E-state index is -0.339. The molecule has 1 aromatic carbocycles. The molecular formula is C15H18FN3O. The van der Waals surface area contributed by atoms with Crippen molar-refractivity contribution in [1.29, 1.82) is 0 Å². The van der Waals surface area contributed by atoms with Crippen LogP contribution in [-0.4, -0.2) is 16.0 Å². The van der Waals surface area contributed by atoms with Gasteiger partial charge in [-0.3, -0.25) is 4.79 Å². The molecule has 0 bridgehead atoms. The first-order chi connectivity index (χ1) is 9.44. The average molecular weight is 275 g/mol. The summed E-state index contributed by atoms with van der Waals surface area (Å²) in [7, 11) is 0. The second kappa shape index (κ2) is 5.96. The first-order valence-electron chi connectivity index (χ1n) is 6.55. The van der Waals surface area contributed by atoms with E-state index in [0.29, 0.717) is 29.7 Å². The van der Waals surface area contributed by atoms with E-state index in [9.17, 15) is 9.18 Å². The van der Waals surface area contributed by atoms with Crippen LogP contribution in [-0.2, 0) is 6.54 Å². The highest BCUT2D eigenvalue weighted by molar-refractivity contribution is 5.56. The molecule has 0 fully saturated rings. The summed E-state index contributed by atoms with van der Waals surface area (Å²) in [6.45, 7) is 6.34. The van der Waals surface area contributed by atoms with E-state index in [4.69, 9.17) is 0 Å². The summed E-state index contributed by atoms with van der Waals surface area (Å²) in [5, 5.41) is 3.20. The Morgan fingerprint density at radius 3 is 2.70 bits per heavy atom. The molecule has 1 aromatic heterocycles. The number of nitrogens with zero attached hydrogens (tertiary/aromatic N) is 1. The van der Waals surface area contributed by atoms with Gasteiger partial charge in [0.1, 0.15) is 11.6 Å². The van der Waals surface area contributed by atoms with Gasteiger partial charge in [-0.25, -0.2) is 9.37 Å². The van der Waals surface area contributed by atoms with E-state index in [0.717, 1.165) is 5.56 Å². The van der Waals surface area contributed by atoms with Gasteiger partial charge >= 0.3 is 0 Å². The van der Waals surface area contributed by atoms with Crippen molar-refractivity contribution in [3.05, 3.63) is 51.7 Å². The molecule has 2 N–H and O–H groups in total. The maximum Gasteiger partial charge on any atom is 0.251 e. The van der Waals surface area contributed by atoms with Gasteiger partial charge < -0.3 is 10.3 Å². The molecule has 2 rings (SSSR count). The Balaban J connectivity index is 2.38. The van der Waals surface area contributed by atoms with E-state index in [2.05, 4.69) is 15.3 Å². The van der Waals surface area contributed by atoms with Crippen LogP contribution in [0.3, 0.4) is 0 Å². The maximum absolute atomic E-state index is 13.4. The van der Waals surface area contributed by atoms with Gasteiger partial charge in [-0.2, -0.15) is 0 Å². The Morgan fingerprint density at radius 2 is 2.05 bits per heavy atom. The lowest BCUT2D eigenvalue weighted by Gasteiger charge is -2.09. The summed E-state index contributed by atoms with van der Waals surface area (Å²) in [4.78, 5) is 18.7. The molecular weight excluding hydrogens is 257 g/mol. The van der Waals surface area contributed by atoms with E-state index in [-0.39, 0.29) is 11.4 Å². The van der Waals surface area contributed by atoms with E-state index >= 15 is 0 Å². The van der Waals surface area contributed by atoms with E-state index < -0.39 is 0 Å². The zero-order chi connectivity index (χ0) is 14.7. The number of halogens is 1. The van der Waals surface area contributed by atoms with Crippen LogP contribution < -0.4 is 10.9 Å². The molecule has 0 radical (unpaired) electrons. The summed E-state index contributed by atoms with van der Waals surface area (Å²) in [6, 6.07) is 6.35. The molecule has 0 spiro atoms. The van der Waals surface area contributed by atoms with Gasteiger partial charge in [0.25, 0.3) is 5.56 Å². The van der Waals surface area contributed by atoms with Crippen LogP contribution in [0.15, 0.2) is 29.1 Å². The van der Waals surface area contributed by atoms with Crippen LogP contribution >= 0.6 is 0 Å². The fourth-order valence-corrected chi connectivity index (χ4v) is 1.92. The lowest BCUT2D eigenvalue weighted by atomic mass is 10.1. The molecule has 2 aromatic rings. The van der Waals surface area contributed by atoms with E-state index in [1.807, 2.05) is 13.8 Å². The molecule has 0 amide bonds. The van der Waals surface area contributed by atoms with Crippen LogP contribution in [0.25, 0.3) is 11.4 Å². The second-order valence-electron chi connectivity index (χ2n) is 5.14. The molecule has 5 heteroatoms. The van der Waals surface area contributed by atoms with Crippen molar-refractivity contribution < 1.29 is 4.39 Å². The fourth-order valence-electron chi connectivity index (χ4n) is 1.92. The molecule has 0 aliphatic carbocycles. The minimum absolute atomic E-state index is 0.238. The summed E-state index contributed by atoms with van der Waals surface area (Å²) >= 11 is 0. The number of rotatable bonds is 4. The molecule has 0 saturated carbocycles. The Bertz CT molecular complexity index is 644. The van der Waals surface area contributed by atoms with Crippen molar-refractivity contribution in [3.63, 3.8) is 0 Å². The highest BCUT2D eigenvalue weighted by atomic mass is 19.1. The molecule has 106 valence electrons. The molecule has 20 heavy (non-hydrogen) atoms. The quantitative estimate of drug-likeness (QED) is 0.900. The van der Waals surface area contributed by atoms with Crippen molar-refractivity contribution in [1.82, 2.24) is 15.3 Å². The van der Waals surface area contributed by atoms with Gasteiger partial charge in [0.2, 0.25) is 0 Å². The number of benzene rings is 1. The largest absolute Gasteiger partial charge is 0.309 e. The highest BCUT2D eigenvalue weighted by Gasteiger charge is 2.07. The van der Waals surface area contributed by atoms with Crippen LogP contribution in [0.1, 0.15) is 25.1 Å². The Labute approximate surface area is 117 Å². The molecule has 0 saturated heterocycles. The third-order valence-corrected chi connectivity index (χ3v) is 2.80. The number of nitrogens with one attached hydrogen (secondary N) is 2. The van der Waals surface area contributed by atoms with Gasteiger partial charge in [-0.15, -0.1) is 0 Å². The summed E-state index contributed by atoms with van der Waals surface area (Å²) < 4.78 is 13.4. The average Bonchev–Trinajstić information content (AvgIpc) is 2.34. The van der Waals surface area contributed by atoms with Crippen LogP contribution in [0, 0.1) is 12.7 Å². The second-order valence-corrected chi connectivity index (χ2v) is 5.14. The Kier molecular flexibility index (Phi) is 4.29. The Morgan fingerprint density at radius 1 is 1.30 bits per heavy atom. The topological polar surface area (TPSA) is 57.8 Å². The van der Waals surface area contributed by atoms with E-state index in [1.54, 1.807) is 13.0 Å². The predicted octanol–water partition coefficient (Wildman–Crippen LogP) is 2.38. The van der Waals surface area contributed by atoms with Crippen molar-refractivity contribution >= 4 is 0 Å². The highest BCUT2D eigenvalue weighted by Crippen LogP contribution is 2.17. The van der Waals surface area contributed by atoms with Gasteiger partial charge in [-0.1, -0.05) is 13.8 Å². The summed E-state index contributed by atoms with van der Waals surface area (Å²) in [6.07, 6.45) is 0. The normalized spacial score (nSPS) is 11.1. The molecule has 0 atom stereocenters. The summed E-state index contributed by atoms with van der Waals surface area (Å²) in [5.74, 6) is 0.0500. The molecule has 0 unspecified atom stereocenters. The number of aromatic nitrogens is 2. The fraction of sp³-hybridized carbons (Fsp3) is 0.333. The molecule has 4 nitrogen and oxygen atoms in total. The number of hydrogen-bond donors (Lipinski definition) is 2. The predicted molar refractivity (Wildman–Crippen MR) is 77.0 cm³/mol. The zero-order valence-electron chi connectivity index (χ0n) is 11.8. The Hall–Kier alpha value is -2.01. The van der Waals surface area contributed by atoms with Crippen molar-refractivity contribution in [2.45, 2.75) is 33.4 Å². The van der Waals surface area contributed by atoms with Gasteiger partial charge in [-0.05, 0) is 30.7 Å². The number of H-pyrrole nitrogens is 1. The van der Waals surface area contributed by atoms with Crippen LogP contribution in [0.5, 0.6) is 0 Å². The van der Waals surface area contributed by atoms with Crippen molar-refractivity contribution in [3.8, 4) is 11.4 Å². The van der Waals surface area contributed by atoms with Crippen LogP contribution in [0.4, 0.5) is 4.39 Å². The zero-order valence-corrected chi connectivity index (χ0v) is 11.8. The van der Waals surface area contributed by atoms with Gasteiger partial charge in [0.05, 0.1) is 5.69 Å². The van der Waals surface area contributed by atoms with Gasteiger partial charge in [0, 0.05) is 24.2 Å². The smallest absolute Gasteiger partial charge is 0.251 e. The maximum atomic E-state index is 13.4. The lowest BCUT2D eigenvalue weighted by Crippen LogP contribution is -2.24. The lowest BCUT2D eigenvalue weighted by molar-refractivity contribution is 0.580. The SMILES string of the molecule is Cc1cc(F)cc(-c2nc(CNC(C)C)cc(=O)[nH]2)c1. The minimum Gasteiger partial charge on any atom is -0.309 e. The van der Waals surface area contributed by atoms with Crippen molar-refractivity contribution in [2.75, 3.05) is 0 Å². The number of hydrogen-bond acceptors (Lipinski definition) is 3. The van der Waals surface area contributed by atoms with Crippen molar-refractivity contribution in [2.24, 2.45) is 0 Å². The monoisotopic (exact) mass is 275 g/mol. The number of aromatic amines is 1. The standard InChI is InChI=1S/C15H18FN3O/c1-9(2)17-8-13-7-14(20)19-15(18-13)11-4-10(3)5-12(16)6-11/h4-7,9,17H,8H2,1-3H3,(H,18,19,20). The third kappa shape index (κ3) is 3.74. The molecule has 0 aliphatic heterocycles. The first kappa shape index (κ1) is 14.4. The van der Waals surface area contributed by atoms with Crippen LogP contribution in [0.2, 0.25) is 0 Å². The van der Waals surface area contributed by atoms with E-state index in [1.165, 1.54) is 18.2 Å².